The summed E-state index contributed by atoms with van der Waals surface area (Å²) < 4.78 is 0. The fourth-order valence-electron chi connectivity index (χ4n) is 1.29. The number of hydrogen-bond donors (Lipinski definition) is 1. The minimum Gasteiger partial charge on any atom is -0.412 e. The Morgan fingerprint density at radius 1 is 1.31 bits per heavy atom. The zero-order valence-corrected chi connectivity index (χ0v) is 7.32. The van der Waals surface area contributed by atoms with Crippen molar-refractivity contribution in [3.63, 3.8) is 0 Å². The molecule has 0 saturated heterocycles. The highest BCUT2D eigenvalue weighted by molar-refractivity contribution is 5.80. The van der Waals surface area contributed by atoms with Gasteiger partial charge >= 0.3 is 0 Å². The van der Waals surface area contributed by atoms with Crippen molar-refractivity contribution in [1.82, 2.24) is 4.98 Å². The van der Waals surface area contributed by atoms with Crippen LogP contribution in [0.1, 0.15) is 5.56 Å². The van der Waals surface area contributed by atoms with Crippen molar-refractivity contribution < 1.29 is 4.84 Å². The second-order valence-corrected chi connectivity index (χ2v) is 2.99. The van der Waals surface area contributed by atoms with E-state index < -0.39 is 0 Å². The number of fused-ring (bicyclic) bond motifs is 1. The molecule has 2 rings (SSSR count). The lowest BCUT2D eigenvalue weighted by molar-refractivity contribution is 0.335. The van der Waals surface area contributed by atoms with Crippen molar-refractivity contribution in [2.75, 3.05) is 0 Å². The molecule has 0 fully saturated rings. The fraction of sp³-hybridized carbons (Fsp3) is 0.100. The van der Waals surface area contributed by atoms with E-state index in [1.54, 1.807) is 6.07 Å². The third-order valence-electron chi connectivity index (χ3n) is 1.93. The minimum absolute atomic E-state index is 0.653. The van der Waals surface area contributed by atoms with Crippen LogP contribution in [0.4, 0.5) is 0 Å². The summed E-state index contributed by atoms with van der Waals surface area (Å²) >= 11 is 0. The van der Waals surface area contributed by atoms with E-state index >= 15 is 0 Å². The van der Waals surface area contributed by atoms with Crippen molar-refractivity contribution in [2.45, 2.75) is 6.92 Å². The lowest BCUT2D eigenvalue weighted by Crippen LogP contribution is -2.01. The molecule has 0 amide bonds. The normalized spacial score (nSPS) is 10.3. The molecule has 0 aliphatic rings. The lowest BCUT2D eigenvalue weighted by atomic mass is 10.2. The molecule has 1 heterocycles. The molecule has 0 saturated carbocycles. The summed E-state index contributed by atoms with van der Waals surface area (Å²) in [5, 5.41) is 1.04. The number of hydrogen-bond acceptors (Lipinski definition) is 3. The molecule has 0 radical (unpaired) electrons. The number of benzene rings is 1. The summed E-state index contributed by atoms with van der Waals surface area (Å²) in [6, 6.07) is 7.60. The summed E-state index contributed by atoms with van der Waals surface area (Å²) in [6.45, 7) is 2.00. The van der Waals surface area contributed by atoms with E-state index in [4.69, 9.17) is 5.90 Å². The number of nitrogens with zero attached hydrogens (tertiary/aromatic N) is 1. The molecular formula is C10H10N2O. The van der Waals surface area contributed by atoms with E-state index in [0.717, 1.165) is 16.5 Å². The third kappa shape index (κ3) is 1.46. The van der Waals surface area contributed by atoms with Crippen molar-refractivity contribution in [1.29, 1.82) is 0 Å². The number of aryl methyl sites for hydroxylation is 1. The molecule has 1 aromatic carbocycles. The zero-order chi connectivity index (χ0) is 9.26. The fourth-order valence-corrected chi connectivity index (χ4v) is 1.29. The Morgan fingerprint density at radius 2 is 2.15 bits per heavy atom. The molecular weight excluding hydrogens is 164 g/mol. The predicted molar refractivity (Wildman–Crippen MR) is 51.3 cm³/mol. The van der Waals surface area contributed by atoms with Crippen LogP contribution in [0.15, 0.2) is 30.5 Å². The second kappa shape index (κ2) is 3.03. The van der Waals surface area contributed by atoms with Gasteiger partial charge in [-0.05, 0) is 36.8 Å². The summed E-state index contributed by atoms with van der Waals surface area (Å²) in [6.07, 6.45) is 1.84. The van der Waals surface area contributed by atoms with E-state index in [1.165, 1.54) is 0 Å². The molecule has 0 aliphatic heterocycles. The third-order valence-corrected chi connectivity index (χ3v) is 1.93. The quantitative estimate of drug-likeness (QED) is 0.670. The topological polar surface area (TPSA) is 48.1 Å². The highest BCUT2D eigenvalue weighted by Crippen LogP contribution is 2.18. The van der Waals surface area contributed by atoms with Gasteiger partial charge in [-0.15, -0.1) is 0 Å². The van der Waals surface area contributed by atoms with Crippen LogP contribution < -0.4 is 10.7 Å². The van der Waals surface area contributed by atoms with E-state index in [2.05, 4.69) is 9.82 Å². The highest BCUT2D eigenvalue weighted by atomic mass is 16.6. The maximum absolute atomic E-state index is 5.06. The van der Waals surface area contributed by atoms with Crippen LogP contribution in [-0.4, -0.2) is 4.98 Å². The van der Waals surface area contributed by atoms with Crippen LogP contribution >= 0.6 is 0 Å². The van der Waals surface area contributed by atoms with E-state index in [0.29, 0.717) is 5.75 Å². The highest BCUT2D eigenvalue weighted by Gasteiger charge is 1.97. The summed E-state index contributed by atoms with van der Waals surface area (Å²) in [5.74, 6) is 5.71. The van der Waals surface area contributed by atoms with Crippen LogP contribution in [-0.2, 0) is 0 Å². The van der Waals surface area contributed by atoms with E-state index in [9.17, 15) is 0 Å². The average molecular weight is 174 g/mol. The molecule has 66 valence electrons. The average Bonchev–Trinajstić information content (AvgIpc) is 2.16. The van der Waals surface area contributed by atoms with Gasteiger partial charge in [-0.1, -0.05) is 0 Å². The van der Waals surface area contributed by atoms with Gasteiger partial charge in [0, 0.05) is 11.6 Å². The lowest BCUT2D eigenvalue weighted by Gasteiger charge is -2.01. The van der Waals surface area contributed by atoms with Crippen LogP contribution in [0, 0.1) is 6.92 Å². The molecule has 2 aromatic rings. The van der Waals surface area contributed by atoms with Gasteiger partial charge in [0.05, 0.1) is 5.52 Å². The maximum atomic E-state index is 5.06. The molecule has 3 heteroatoms. The first kappa shape index (κ1) is 8.01. The predicted octanol–water partition coefficient (Wildman–Crippen LogP) is 1.80. The van der Waals surface area contributed by atoms with Crippen molar-refractivity contribution in [3.05, 3.63) is 36.0 Å². The Balaban J connectivity index is 2.68. The first-order chi connectivity index (χ1) is 6.29. The largest absolute Gasteiger partial charge is 0.412 e. The molecule has 0 atom stereocenters. The molecule has 0 unspecified atom stereocenters. The van der Waals surface area contributed by atoms with Crippen LogP contribution in [0.3, 0.4) is 0 Å². The first-order valence-corrected chi connectivity index (χ1v) is 4.03. The molecule has 3 nitrogen and oxygen atoms in total. The summed E-state index contributed by atoms with van der Waals surface area (Å²) in [5.41, 5.74) is 2.08. The number of aromatic nitrogens is 1. The van der Waals surface area contributed by atoms with Gasteiger partial charge in [-0.2, -0.15) is 5.90 Å². The van der Waals surface area contributed by atoms with Crippen LogP contribution in [0.5, 0.6) is 5.75 Å². The molecule has 2 N–H and O–H groups in total. The standard InChI is InChI=1S/C10H10N2O/c1-7-4-8-5-9(13-11)2-3-10(8)12-6-7/h2-6H,11H2,1H3. The van der Waals surface area contributed by atoms with Gasteiger partial charge in [0.15, 0.2) is 0 Å². The Hall–Kier alpha value is -1.61. The van der Waals surface area contributed by atoms with E-state index in [-0.39, 0.29) is 0 Å². The van der Waals surface area contributed by atoms with E-state index in [1.807, 2.05) is 31.3 Å². The Kier molecular flexibility index (Phi) is 1.87. The smallest absolute Gasteiger partial charge is 0.147 e. The summed E-state index contributed by atoms with van der Waals surface area (Å²) in [4.78, 5) is 8.89. The van der Waals surface area contributed by atoms with Gasteiger partial charge in [0.2, 0.25) is 0 Å². The maximum Gasteiger partial charge on any atom is 0.147 e. The monoisotopic (exact) mass is 174 g/mol. The zero-order valence-electron chi connectivity index (χ0n) is 7.32. The summed E-state index contributed by atoms with van der Waals surface area (Å²) in [7, 11) is 0. The molecule has 13 heavy (non-hydrogen) atoms. The Labute approximate surface area is 76.1 Å². The molecule has 0 spiro atoms. The van der Waals surface area contributed by atoms with Gasteiger partial charge < -0.3 is 4.84 Å². The van der Waals surface area contributed by atoms with Crippen molar-refractivity contribution in [3.8, 4) is 5.75 Å². The van der Waals surface area contributed by atoms with Gasteiger partial charge in [0.25, 0.3) is 0 Å². The van der Waals surface area contributed by atoms with Crippen molar-refractivity contribution in [2.24, 2.45) is 5.90 Å². The second-order valence-electron chi connectivity index (χ2n) is 2.99. The molecule has 0 aliphatic carbocycles. The minimum atomic E-state index is 0.653. The van der Waals surface area contributed by atoms with Crippen molar-refractivity contribution >= 4 is 10.9 Å². The number of nitrogens with two attached hydrogens (primary N) is 1. The Morgan fingerprint density at radius 3 is 2.92 bits per heavy atom. The van der Waals surface area contributed by atoms with Crippen LogP contribution in [0.2, 0.25) is 0 Å². The molecule has 1 aromatic heterocycles. The Bertz CT molecular complexity index is 440. The number of rotatable bonds is 1. The van der Waals surface area contributed by atoms with Gasteiger partial charge in [-0.3, -0.25) is 4.98 Å². The number of pyridine rings is 1. The van der Waals surface area contributed by atoms with Gasteiger partial charge in [-0.25, -0.2) is 0 Å². The van der Waals surface area contributed by atoms with Gasteiger partial charge in [0.1, 0.15) is 5.75 Å². The molecule has 0 bridgehead atoms. The van der Waals surface area contributed by atoms with Crippen LogP contribution in [0.25, 0.3) is 10.9 Å². The SMILES string of the molecule is Cc1cnc2ccc(ON)cc2c1. The first-order valence-electron chi connectivity index (χ1n) is 4.03.